The van der Waals surface area contributed by atoms with E-state index in [0.29, 0.717) is 19.4 Å². The van der Waals surface area contributed by atoms with Crippen LogP contribution in [0, 0.1) is 10.1 Å². The number of nitrogens with zero attached hydrogens (tertiary/aromatic N) is 2. The Morgan fingerprint density at radius 2 is 2.05 bits per heavy atom. The van der Waals surface area contributed by atoms with Crippen molar-refractivity contribution in [3.63, 3.8) is 0 Å². The zero-order valence-corrected chi connectivity index (χ0v) is 12.5. The van der Waals surface area contributed by atoms with Crippen molar-refractivity contribution in [2.45, 2.75) is 17.7 Å². The highest BCUT2D eigenvalue weighted by molar-refractivity contribution is 7.89. The van der Waals surface area contributed by atoms with E-state index in [1.165, 1.54) is 30.5 Å². The van der Waals surface area contributed by atoms with Crippen LogP contribution in [-0.2, 0) is 10.0 Å². The number of pyridine rings is 1. The van der Waals surface area contributed by atoms with Crippen LogP contribution in [-0.4, -0.2) is 31.4 Å². The lowest BCUT2D eigenvalue weighted by molar-refractivity contribution is -0.383. The Morgan fingerprint density at radius 3 is 2.73 bits per heavy atom. The van der Waals surface area contributed by atoms with Crippen molar-refractivity contribution in [1.82, 2.24) is 9.71 Å². The van der Waals surface area contributed by atoms with E-state index in [0.717, 1.165) is 0 Å². The Balaban J connectivity index is 2.44. The molecule has 2 aromatic rings. The molecule has 0 amide bonds. The molecule has 0 spiro atoms. The first-order valence-electron chi connectivity index (χ1n) is 6.69. The fourth-order valence-corrected chi connectivity index (χ4v) is 3.29. The number of sulfonamides is 1. The summed E-state index contributed by atoms with van der Waals surface area (Å²) in [7, 11) is -3.79. The maximum atomic E-state index is 12.3. The van der Waals surface area contributed by atoms with Crippen LogP contribution in [0.25, 0.3) is 10.9 Å². The Bertz CT molecular complexity index is 792. The van der Waals surface area contributed by atoms with Crippen molar-refractivity contribution < 1.29 is 13.3 Å². The normalized spacial score (nSPS) is 11.7. The van der Waals surface area contributed by atoms with E-state index >= 15 is 0 Å². The molecule has 0 radical (unpaired) electrons. The molecule has 3 N–H and O–H groups in total. The summed E-state index contributed by atoms with van der Waals surface area (Å²) in [4.78, 5) is 14.4. The number of benzene rings is 1. The molecule has 1 aromatic carbocycles. The SMILES string of the molecule is NCCCCNS(=O)(=O)c1ccc([N+](=O)[O-])c2cccnc12. The number of nitro groups is 1. The molecule has 0 aliphatic carbocycles. The summed E-state index contributed by atoms with van der Waals surface area (Å²) in [5.74, 6) is 0. The minimum atomic E-state index is -3.79. The number of nitrogens with two attached hydrogens (primary N) is 1. The highest BCUT2D eigenvalue weighted by atomic mass is 32.2. The molecular formula is C13H16N4O4S. The maximum absolute atomic E-state index is 12.3. The van der Waals surface area contributed by atoms with Crippen LogP contribution in [0.1, 0.15) is 12.8 Å². The number of non-ortho nitro benzene ring substituents is 1. The van der Waals surface area contributed by atoms with E-state index in [1.807, 2.05) is 0 Å². The summed E-state index contributed by atoms with van der Waals surface area (Å²) in [6, 6.07) is 5.39. The van der Waals surface area contributed by atoms with Crippen molar-refractivity contribution >= 4 is 26.6 Å². The number of aromatic nitrogens is 1. The largest absolute Gasteiger partial charge is 0.330 e. The highest BCUT2D eigenvalue weighted by Crippen LogP contribution is 2.29. The van der Waals surface area contributed by atoms with Gasteiger partial charge in [0, 0.05) is 18.8 Å². The molecule has 0 unspecified atom stereocenters. The first kappa shape index (κ1) is 16.3. The van der Waals surface area contributed by atoms with E-state index in [-0.39, 0.29) is 28.0 Å². The third-order valence-electron chi connectivity index (χ3n) is 3.12. The van der Waals surface area contributed by atoms with E-state index in [9.17, 15) is 18.5 Å². The van der Waals surface area contributed by atoms with Crippen LogP contribution >= 0.6 is 0 Å². The van der Waals surface area contributed by atoms with E-state index in [2.05, 4.69) is 9.71 Å². The summed E-state index contributed by atoms with van der Waals surface area (Å²) >= 11 is 0. The fraction of sp³-hybridized carbons (Fsp3) is 0.308. The minimum Gasteiger partial charge on any atom is -0.330 e. The van der Waals surface area contributed by atoms with Crippen molar-refractivity contribution in [1.29, 1.82) is 0 Å². The molecule has 9 heteroatoms. The lowest BCUT2D eigenvalue weighted by Crippen LogP contribution is -2.25. The molecule has 8 nitrogen and oxygen atoms in total. The minimum absolute atomic E-state index is 0.0681. The molecule has 0 atom stereocenters. The Hall–Kier alpha value is -2.10. The van der Waals surface area contributed by atoms with Gasteiger partial charge in [-0.25, -0.2) is 13.1 Å². The van der Waals surface area contributed by atoms with E-state index in [1.54, 1.807) is 0 Å². The number of nitrogens with one attached hydrogen (secondary N) is 1. The van der Waals surface area contributed by atoms with Crippen molar-refractivity contribution in [3.05, 3.63) is 40.6 Å². The van der Waals surface area contributed by atoms with Crippen molar-refractivity contribution in [2.24, 2.45) is 5.73 Å². The lowest BCUT2D eigenvalue weighted by atomic mass is 10.2. The Labute approximate surface area is 127 Å². The molecule has 1 aromatic heterocycles. The van der Waals surface area contributed by atoms with Crippen molar-refractivity contribution in [3.8, 4) is 0 Å². The zero-order chi connectivity index (χ0) is 16.2. The fourth-order valence-electron chi connectivity index (χ4n) is 2.06. The summed E-state index contributed by atoms with van der Waals surface area (Å²) in [6.45, 7) is 0.745. The van der Waals surface area contributed by atoms with Gasteiger partial charge in [0.2, 0.25) is 10.0 Å². The number of fused-ring (bicyclic) bond motifs is 1. The number of rotatable bonds is 7. The molecule has 0 saturated heterocycles. The number of unbranched alkanes of at least 4 members (excludes halogenated alkanes) is 1. The van der Waals surface area contributed by atoms with Crippen LogP contribution in [0.15, 0.2) is 35.4 Å². The average Bonchev–Trinajstić information content (AvgIpc) is 2.50. The molecule has 0 fully saturated rings. The summed E-state index contributed by atoms with van der Waals surface area (Å²) < 4.78 is 27.1. The highest BCUT2D eigenvalue weighted by Gasteiger charge is 2.22. The molecular weight excluding hydrogens is 308 g/mol. The maximum Gasteiger partial charge on any atom is 0.278 e. The topological polar surface area (TPSA) is 128 Å². The molecule has 0 bridgehead atoms. The molecule has 0 aliphatic heterocycles. The van der Waals surface area contributed by atoms with Gasteiger partial charge in [-0.2, -0.15) is 0 Å². The molecule has 0 saturated carbocycles. The van der Waals surface area contributed by atoms with Crippen LogP contribution < -0.4 is 10.5 Å². The van der Waals surface area contributed by atoms with E-state index < -0.39 is 14.9 Å². The monoisotopic (exact) mass is 324 g/mol. The van der Waals surface area contributed by atoms with E-state index in [4.69, 9.17) is 5.73 Å². The summed E-state index contributed by atoms with van der Waals surface area (Å²) in [5, 5.41) is 11.2. The van der Waals surface area contributed by atoms with Gasteiger partial charge >= 0.3 is 0 Å². The van der Waals surface area contributed by atoms with Gasteiger partial charge in [-0.05, 0) is 37.6 Å². The summed E-state index contributed by atoms with van der Waals surface area (Å²) in [5.41, 5.74) is 5.27. The first-order chi connectivity index (χ1) is 10.5. The summed E-state index contributed by atoms with van der Waals surface area (Å²) in [6.07, 6.45) is 2.73. The second kappa shape index (κ2) is 6.77. The van der Waals surface area contributed by atoms with Crippen LogP contribution in [0.3, 0.4) is 0 Å². The van der Waals surface area contributed by atoms with Gasteiger partial charge in [0.15, 0.2) is 0 Å². The third-order valence-corrected chi connectivity index (χ3v) is 4.61. The average molecular weight is 324 g/mol. The predicted molar refractivity (Wildman–Crippen MR) is 81.9 cm³/mol. The Morgan fingerprint density at radius 1 is 1.27 bits per heavy atom. The first-order valence-corrected chi connectivity index (χ1v) is 8.17. The quantitative estimate of drug-likeness (QED) is 0.447. The van der Waals surface area contributed by atoms with Gasteiger partial charge in [-0.15, -0.1) is 0 Å². The standard InChI is InChI=1S/C13H16N4O4S/c14-7-1-2-9-16-22(20,21)12-6-5-11(17(18)19)10-4-3-8-15-13(10)12/h3-6,8,16H,1-2,7,9,14H2. The molecule has 22 heavy (non-hydrogen) atoms. The number of hydrogen-bond donors (Lipinski definition) is 2. The zero-order valence-electron chi connectivity index (χ0n) is 11.7. The van der Waals surface area contributed by atoms with Gasteiger partial charge in [0.05, 0.1) is 15.8 Å². The van der Waals surface area contributed by atoms with Crippen LogP contribution in [0.2, 0.25) is 0 Å². The van der Waals surface area contributed by atoms with Crippen molar-refractivity contribution in [2.75, 3.05) is 13.1 Å². The smallest absolute Gasteiger partial charge is 0.278 e. The third kappa shape index (κ3) is 3.38. The number of nitro benzene ring substituents is 1. The Kier molecular flexibility index (Phi) is 5.01. The van der Waals surface area contributed by atoms with Crippen LogP contribution in [0.5, 0.6) is 0 Å². The van der Waals surface area contributed by atoms with Gasteiger partial charge in [-0.3, -0.25) is 15.1 Å². The van der Waals surface area contributed by atoms with Gasteiger partial charge < -0.3 is 5.73 Å². The molecule has 0 aliphatic rings. The van der Waals surface area contributed by atoms with Gasteiger partial charge in [-0.1, -0.05) is 0 Å². The van der Waals surface area contributed by atoms with Gasteiger partial charge in [0.1, 0.15) is 4.90 Å². The molecule has 118 valence electrons. The number of hydrogen-bond acceptors (Lipinski definition) is 6. The lowest BCUT2D eigenvalue weighted by Gasteiger charge is -2.09. The molecule has 1 heterocycles. The van der Waals surface area contributed by atoms with Crippen LogP contribution in [0.4, 0.5) is 5.69 Å². The second-order valence-corrected chi connectivity index (χ2v) is 6.37. The molecule has 2 rings (SSSR count). The van der Waals surface area contributed by atoms with Gasteiger partial charge in [0.25, 0.3) is 5.69 Å². The second-order valence-electron chi connectivity index (χ2n) is 4.63. The predicted octanol–water partition coefficient (Wildman–Crippen LogP) is 1.16.